The van der Waals surface area contributed by atoms with Gasteiger partial charge in [-0.1, -0.05) is 43.7 Å². The molecule has 0 heterocycles. The summed E-state index contributed by atoms with van der Waals surface area (Å²) in [5, 5.41) is 14.6. The van der Waals surface area contributed by atoms with Crippen molar-refractivity contribution in [2.75, 3.05) is 0 Å². The van der Waals surface area contributed by atoms with Crippen LogP contribution >= 0.6 is 0 Å². The van der Waals surface area contributed by atoms with Gasteiger partial charge in [0, 0.05) is 11.1 Å². The van der Waals surface area contributed by atoms with E-state index in [4.69, 9.17) is 22.3 Å². The predicted molar refractivity (Wildman–Crippen MR) is 110 cm³/mol. The van der Waals surface area contributed by atoms with Crippen LogP contribution in [-0.2, 0) is 0 Å². The van der Waals surface area contributed by atoms with E-state index in [2.05, 4.69) is 6.07 Å². The summed E-state index contributed by atoms with van der Waals surface area (Å²) in [6, 6.07) is 9.97. The molecule has 0 radical (unpaired) electrons. The van der Waals surface area contributed by atoms with Gasteiger partial charge in [0.25, 0.3) is 0 Å². The summed E-state index contributed by atoms with van der Waals surface area (Å²) in [6.07, 6.45) is 0. The van der Waals surface area contributed by atoms with Crippen molar-refractivity contribution in [3.63, 3.8) is 0 Å². The third kappa shape index (κ3) is 6.42. The highest BCUT2D eigenvalue weighted by Crippen LogP contribution is 2.16. The molecule has 0 atom stereocenters. The van der Waals surface area contributed by atoms with Crippen LogP contribution in [0.5, 0.6) is 0 Å². The lowest BCUT2D eigenvalue weighted by Crippen LogP contribution is -2.15. The van der Waals surface area contributed by atoms with Gasteiger partial charge in [-0.25, -0.2) is 0 Å². The molecule has 25 heavy (non-hydrogen) atoms. The van der Waals surface area contributed by atoms with Crippen LogP contribution in [0.1, 0.15) is 52.8 Å². The number of rotatable bonds is 2. The van der Waals surface area contributed by atoms with Gasteiger partial charge >= 0.3 is 0 Å². The summed E-state index contributed by atoms with van der Waals surface area (Å²) in [5.74, 6) is 0.305. The van der Waals surface area contributed by atoms with E-state index in [1.807, 2.05) is 72.7 Å². The molecular weight excluding hydrogens is 308 g/mol. The van der Waals surface area contributed by atoms with Gasteiger partial charge in [-0.05, 0) is 62.9 Å². The molecule has 0 aliphatic rings. The maximum Gasteiger partial charge on any atom is 0.123 e. The quantitative estimate of drug-likeness (QED) is 0.477. The van der Waals surface area contributed by atoms with Crippen LogP contribution in [0.4, 0.5) is 0 Å². The van der Waals surface area contributed by atoms with Crippen molar-refractivity contribution in [3.05, 3.63) is 69.3 Å². The van der Waals surface area contributed by atoms with E-state index < -0.39 is 0 Å². The van der Waals surface area contributed by atoms with Crippen LogP contribution in [-0.4, -0.2) is 11.7 Å². The summed E-state index contributed by atoms with van der Waals surface area (Å²) < 4.78 is 0. The molecule has 0 spiro atoms. The van der Waals surface area contributed by atoms with Crippen molar-refractivity contribution in [3.8, 4) is 0 Å². The standard InChI is InChI=1S/C10H14N2.C9H12N2.C2H6/c1-6-4-5-7(2)9(8(6)3)10(11)12;1-6-3-4-7(2)8(5-6)9(10)11;1-2/h4-5H,1-3H3,(H3,11,12);3-5H,1-2H3,(H3,10,11);1-2H3. The summed E-state index contributed by atoms with van der Waals surface area (Å²) >= 11 is 0. The Hall–Kier alpha value is -2.62. The van der Waals surface area contributed by atoms with Crippen molar-refractivity contribution in [1.82, 2.24) is 0 Å². The zero-order valence-electron chi connectivity index (χ0n) is 16.5. The number of hydrogen-bond acceptors (Lipinski definition) is 2. The van der Waals surface area contributed by atoms with Crippen molar-refractivity contribution >= 4 is 11.7 Å². The van der Waals surface area contributed by atoms with Crippen molar-refractivity contribution in [2.24, 2.45) is 11.5 Å². The van der Waals surface area contributed by atoms with Gasteiger partial charge in [0.1, 0.15) is 11.7 Å². The normalized spacial score (nSPS) is 9.24. The lowest BCUT2D eigenvalue weighted by atomic mass is 9.98. The maximum atomic E-state index is 7.39. The number of nitrogens with one attached hydrogen (secondary N) is 2. The molecule has 0 aliphatic carbocycles. The summed E-state index contributed by atoms with van der Waals surface area (Å²) in [5.41, 5.74) is 18.1. The van der Waals surface area contributed by atoms with E-state index in [0.717, 1.165) is 33.4 Å². The minimum Gasteiger partial charge on any atom is -0.384 e. The Labute approximate surface area is 152 Å². The van der Waals surface area contributed by atoms with Crippen LogP contribution in [0.25, 0.3) is 0 Å². The Kier molecular flexibility index (Phi) is 9.21. The summed E-state index contributed by atoms with van der Waals surface area (Å²) in [7, 11) is 0. The molecule has 0 saturated carbocycles. The van der Waals surface area contributed by atoms with Crippen molar-refractivity contribution in [1.29, 1.82) is 10.8 Å². The van der Waals surface area contributed by atoms with Gasteiger partial charge in [-0.15, -0.1) is 0 Å². The van der Waals surface area contributed by atoms with Crippen LogP contribution in [0.2, 0.25) is 0 Å². The summed E-state index contributed by atoms with van der Waals surface area (Å²) in [6.45, 7) is 13.9. The Morgan fingerprint density at radius 1 is 0.720 bits per heavy atom. The molecule has 0 fully saturated rings. The first-order valence-electron chi connectivity index (χ1n) is 8.48. The third-order valence-corrected chi connectivity index (χ3v) is 3.90. The Morgan fingerprint density at radius 3 is 1.60 bits per heavy atom. The smallest absolute Gasteiger partial charge is 0.123 e. The van der Waals surface area contributed by atoms with E-state index in [9.17, 15) is 0 Å². The maximum absolute atomic E-state index is 7.39. The first-order chi connectivity index (χ1) is 11.6. The minimum absolute atomic E-state index is 0.145. The monoisotopic (exact) mass is 340 g/mol. The molecule has 4 nitrogen and oxygen atoms in total. The minimum atomic E-state index is 0.145. The molecule has 0 amide bonds. The Balaban J connectivity index is 0.000000421. The zero-order valence-corrected chi connectivity index (χ0v) is 16.5. The third-order valence-electron chi connectivity index (χ3n) is 3.90. The molecule has 2 rings (SSSR count). The fourth-order valence-electron chi connectivity index (χ4n) is 2.39. The molecule has 0 aliphatic heterocycles. The second-order valence-corrected chi connectivity index (χ2v) is 5.85. The van der Waals surface area contributed by atoms with Gasteiger partial charge in [-0.3, -0.25) is 10.8 Å². The van der Waals surface area contributed by atoms with E-state index >= 15 is 0 Å². The number of nitrogens with two attached hydrogens (primary N) is 2. The highest BCUT2D eigenvalue weighted by atomic mass is 14.7. The van der Waals surface area contributed by atoms with Gasteiger partial charge in [0.05, 0.1) is 0 Å². The van der Waals surface area contributed by atoms with Crippen molar-refractivity contribution in [2.45, 2.75) is 48.5 Å². The number of nitrogen functional groups attached to an aromatic ring is 2. The van der Waals surface area contributed by atoms with Gasteiger partial charge in [0.15, 0.2) is 0 Å². The van der Waals surface area contributed by atoms with E-state index in [0.29, 0.717) is 0 Å². The Morgan fingerprint density at radius 2 is 1.20 bits per heavy atom. The fraction of sp³-hybridized carbons (Fsp3) is 0.333. The fourth-order valence-corrected chi connectivity index (χ4v) is 2.39. The Bertz CT molecular complexity index is 746. The number of amidine groups is 2. The predicted octanol–water partition coefficient (Wildman–Crippen LogP) is 4.51. The van der Waals surface area contributed by atoms with E-state index in [1.165, 1.54) is 5.56 Å². The van der Waals surface area contributed by atoms with Crippen LogP contribution < -0.4 is 11.5 Å². The largest absolute Gasteiger partial charge is 0.384 e. The SMILES string of the molecule is CC.Cc1ccc(C)c(C(=N)N)c1.Cc1ccc(C)c(C(=N)N)c1C. The van der Waals surface area contributed by atoms with Crippen LogP contribution in [0, 0.1) is 45.4 Å². The van der Waals surface area contributed by atoms with Gasteiger partial charge in [-0.2, -0.15) is 0 Å². The number of benzene rings is 2. The highest BCUT2D eigenvalue weighted by Gasteiger charge is 2.06. The summed E-state index contributed by atoms with van der Waals surface area (Å²) in [4.78, 5) is 0. The zero-order chi connectivity index (χ0) is 19.7. The molecule has 0 aromatic heterocycles. The van der Waals surface area contributed by atoms with Gasteiger partial charge < -0.3 is 11.5 Å². The second kappa shape index (κ2) is 10.3. The highest BCUT2D eigenvalue weighted by molar-refractivity contribution is 5.98. The topological polar surface area (TPSA) is 99.7 Å². The van der Waals surface area contributed by atoms with Gasteiger partial charge in [0.2, 0.25) is 0 Å². The van der Waals surface area contributed by atoms with Crippen molar-refractivity contribution < 1.29 is 0 Å². The molecule has 4 heteroatoms. The number of hydrogen-bond donors (Lipinski definition) is 4. The molecule has 0 bridgehead atoms. The lowest BCUT2D eigenvalue weighted by Gasteiger charge is -2.09. The van der Waals surface area contributed by atoms with Crippen LogP contribution in [0.15, 0.2) is 30.3 Å². The average molecular weight is 341 g/mol. The van der Waals surface area contributed by atoms with Crippen LogP contribution in [0.3, 0.4) is 0 Å². The molecule has 2 aromatic carbocycles. The molecule has 136 valence electrons. The molecule has 0 saturated heterocycles. The number of aryl methyl sites for hydroxylation is 4. The first-order valence-corrected chi connectivity index (χ1v) is 8.48. The lowest BCUT2D eigenvalue weighted by molar-refractivity contribution is 1.25. The molecule has 2 aromatic rings. The van der Waals surface area contributed by atoms with E-state index in [-0.39, 0.29) is 11.7 Å². The second-order valence-electron chi connectivity index (χ2n) is 5.85. The molecule has 6 N–H and O–H groups in total. The molecular formula is C21H32N4. The first kappa shape index (κ1) is 22.4. The average Bonchev–Trinajstić information content (AvgIpc) is 2.55. The molecule has 0 unspecified atom stereocenters. The van der Waals surface area contributed by atoms with E-state index in [1.54, 1.807) is 0 Å².